The summed E-state index contributed by atoms with van der Waals surface area (Å²) in [5, 5.41) is 12.4. The predicted molar refractivity (Wildman–Crippen MR) is 126 cm³/mol. The fourth-order valence-electron chi connectivity index (χ4n) is 3.98. The second-order valence-electron chi connectivity index (χ2n) is 8.34. The summed E-state index contributed by atoms with van der Waals surface area (Å²) in [6.45, 7) is 4.10. The first kappa shape index (κ1) is 28.0. The zero-order valence-corrected chi connectivity index (χ0v) is 20.4. The lowest BCUT2D eigenvalue weighted by Gasteiger charge is -2.28. The molecule has 1 amide bonds. The average Bonchev–Trinajstić information content (AvgIpc) is 3.33. The highest BCUT2D eigenvalue weighted by Crippen LogP contribution is 2.20. The molecule has 0 spiro atoms. The molecule has 3 atom stereocenters. The summed E-state index contributed by atoms with van der Waals surface area (Å²) in [4.78, 5) is 54.1. The SMILES string of the molecule is CCOC(=O)C(CCc1ccccc1)NC(C)C(=O)N1CCCC1C(=O)OCCCCO[N+](=O)[O-]. The molecule has 0 aromatic heterocycles. The molecule has 1 heterocycles. The van der Waals surface area contributed by atoms with Crippen molar-refractivity contribution in [3.63, 3.8) is 0 Å². The number of benzene rings is 1. The Morgan fingerprint density at radius 1 is 1.17 bits per heavy atom. The Kier molecular flexibility index (Phi) is 12.0. The van der Waals surface area contributed by atoms with Crippen molar-refractivity contribution < 1.29 is 33.8 Å². The Morgan fingerprint density at radius 3 is 2.57 bits per heavy atom. The summed E-state index contributed by atoms with van der Waals surface area (Å²) in [7, 11) is 0. The summed E-state index contributed by atoms with van der Waals surface area (Å²) in [5.41, 5.74) is 1.08. The Bertz CT molecular complexity index is 835. The van der Waals surface area contributed by atoms with Crippen LogP contribution in [0.4, 0.5) is 0 Å². The molecule has 1 fully saturated rings. The minimum atomic E-state index is -0.864. The molecule has 0 radical (unpaired) electrons. The van der Waals surface area contributed by atoms with Crippen LogP contribution in [-0.4, -0.2) is 72.3 Å². The van der Waals surface area contributed by atoms with Crippen LogP contribution in [0.2, 0.25) is 0 Å². The van der Waals surface area contributed by atoms with Gasteiger partial charge in [0.25, 0.3) is 5.09 Å². The lowest BCUT2D eigenvalue weighted by atomic mass is 10.0. The van der Waals surface area contributed by atoms with Gasteiger partial charge in [-0.2, -0.15) is 0 Å². The fraction of sp³-hybridized carbons (Fsp3) is 0.625. The normalized spacial score (nSPS) is 16.9. The maximum atomic E-state index is 13.2. The van der Waals surface area contributed by atoms with Gasteiger partial charge in [-0.05, 0) is 57.9 Å². The molecule has 11 heteroatoms. The van der Waals surface area contributed by atoms with Gasteiger partial charge in [-0.25, -0.2) is 4.79 Å². The summed E-state index contributed by atoms with van der Waals surface area (Å²) < 4.78 is 10.5. The molecule has 0 saturated carbocycles. The van der Waals surface area contributed by atoms with Gasteiger partial charge in [-0.3, -0.25) is 14.9 Å². The summed E-state index contributed by atoms with van der Waals surface area (Å²) in [6.07, 6.45) is 3.07. The van der Waals surface area contributed by atoms with Crippen LogP contribution in [0.25, 0.3) is 0 Å². The number of nitrogens with zero attached hydrogens (tertiary/aromatic N) is 2. The van der Waals surface area contributed by atoms with E-state index in [2.05, 4.69) is 10.2 Å². The molecule has 0 aliphatic carbocycles. The van der Waals surface area contributed by atoms with Crippen LogP contribution < -0.4 is 5.32 Å². The van der Waals surface area contributed by atoms with Crippen LogP contribution in [-0.2, 0) is 35.1 Å². The largest absolute Gasteiger partial charge is 0.465 e. The lowest BCUT2D eigenvalue weighted by molar-refractivity contribution is -0.757. The number of ether oxygens (including phenoxy) is 2. The van der Waals surface area contributed by atoms with Crippen molar-refractivity contribution >= 4 is 17.8 Å². The molecular weight excluding hydrogens is 458 g/mol. The van der Waals surface area contributed by atoms with Crippen LogP contribution in [0.5, 0.6) is 0 Å². The van der Waals surface area contributed by atoms with Crippen molar-refractivity contribution in [2.75, 3.05) is 26.4 Å². The summed E-state index contributed by atoms with van der Waals surface area (Å²) in [6, 6.07) is 7.69. The number of aryl methyl sites for hydroxylation is 1. The summed E-state index contributed by atoms with van der Waals surface area (Å²) >= 11 is 0. The van der Waals surface area contributed by atoms with Crippen molar-refractivity contribution in [1.29, 1.82) is 0 Å². The first-order valence-electron chi connectivity index (χ1n) is 12.0. The Balaban J connectivity index is 1.89. The second kappa shape index (κ2) is 14.9. The molecule has 1 N–H and O–H groups in total. The van der Waals surface area contributed by atoms with Gasteiger partial charge in [0, 0.05) is 6.54 Å². The molecule has 194 valence electrons. The van der Waals surface area contributed by atoms with E-state index in [-0.39, 0.29) is 25.7 Å². The van der Waals surface area contributed by atoms with Gasteiger partial charge in [0.15, 0.2) is 0 Å². The molecule has 0 bridgehead atoms. The van der Waals surface area contributed by atoms with Crippen LogP contribution in [0.3, 0.4) is 0 Å². The highest BCUT2D eigenvalue weighted by atomic mass is 16.9. The third kappa shape index (κ3) is 9.51. The molecule has 2 rings (SSSR count). The molecule has 1 aromatic rings. The van der Waals surface area contributed by atoms with E-state index in [0.717, 1.165) is 5.56 Å². The van der Waals surface area contributed by atoms with Crippen LogP contribution in [0, 0.1) is 10.1 Å². The molecule has 3 unspecified atom stereocenters. The number of amides is 1. The maximum absolute atomic E-state index is 13.2. The molecule has 1 saturated heterocycles. The molecule has 1 aliphatic rings. The van der Waals surface area contributed by atoms with E-state index in [9.17, 15) is 24.5 Å². The number of hydrogen-bond acceptors (Lipinski definition) is 9. The number of rotatable bonds is 15. The number of esters is 2. The fourth-order valence-corrected chi connectivity index (χ4v) is 3.98. The van der Waals surface area contributed by atoms with Gasteiger partial charge in [0.2, 0.25) is 5.91 Å². The van der Waals surface area contributed by atoms with Crippen LogP contribution >= 0.6 is 0 Å². The van der Waals surface area contributed by atoms with E-state index >= 15 is 0 Å². The quantitative estimate of drug-likeness (QED) is 0.168. The van der Waals surface area contributed by atoms with Crippen molar-refractivity contribution in [1.82, 2.24) is 10.2 Å². The van der Waals surface area contributed by atoms with E-state index in [1.807, 2.05) is 30.3 Å². The first-order valence-corrected chi connectivity index (χ1v) is 12.0. The van der Waals surface area contributed by atoms with E-state index in [1.165, 1.54) is 4.90 Å². The third-order valence-corrected chi connectivity index (χ3v) is 5.74. The van der Waals surface area contributed by atoms with Gasteiger partial charge in [-0.15, -0.1) is 10.1 Å². The molecule has 1 aliphatic heterocycles. The number of likely N-dealkylation sites (tertiary alicyclic amines) is 1. The van der Waals surface area contributed by atoms with Crippen molar-refractivity contribution in [2.45, 2.75) is 70.5 Å². The molecule has 35 heavy (non-hydrogen) atoms. The molecule has 1 aromatic carbocycles. The lowest BCUT2D eigenvalue weighted by Crippen LogP contribution is -2.53. The Hall–Kier alpha value is -3.21. The molecular formula is C24H35N3O8. The van der Waals surface area contributed by atoms with Crippen molar-refractivity contribution in [2.24, 2.45) is 0 Å². The van der Waals surface area contributed by atoms with Crippen LogP contribution in [0.1, 0.15) is 51.5 Å². The van der Waals surface area contributed by atoms with Gasteiger partial charge in [0.1, 0.15) is 12.1 Å². The van der Waals surface area contributed by atoms with Gasteiger partial charge in [0.05, 0.1) is 25.9 Å². The Morgan fingerprint density at radius 2 is 1.89 bits per heavy atom. The zero-order valence-electron chi connectivity index (χ0n) is 20.4. The van der Waals surface area contributed by atoms with E-state index in [1.54, 1.807) is 13.8 Å². The standard InChI is InChI=1S/C24H35N3O8/c1-3-33-23(29)20(14-13-19-10-5-4-6-11-19)25-18(2)22(28)26-15-9-12-21(26)24(30)34-16-7-8-17-35-27(31)32/h4-6,10-11,18,20-21,25H,3,7-9,12-17H2,1-2H3. The smallest absolute Gasteiger partial charge is 0.328 e. The van der Waals surface area contributed by atoms with Gasteiger partial charge < -0.3 is 19.2 Å². The molecule has 11 nitrogen and oxygen atoms in total. The topological polar surface area (TPSA) is 137 Å². The second-order valence-corrected chi connectivity index (χ2v) is 8.34. The summed E-state index contributed by atoms with van der Waals surface area (Å²) in [5.74, 6) is -1.19. The number of hydrogen-bond donors (Lipinski definition) is 1. The third-order valence-electron chi connectivity index (χ3n) is 5.74. The number of nitrogens with one attached hydrogen (secondary N) is 1. The first-order chi connectivity index (χ1) is 16.8. The number of carbonyl (C=O) groups is 3. The Labute approximate surface area is 205 Å². The average molecular weight is 494 g/mol. The minimum Gasteiger partial charge on any atom is -0.465 e. The highest BCUT2D eigenvalue weighted by Gasteiger charge is 2.38. The monoisotopic (exact) mass is 493 g/mol. The number of carbonyl (C=O) groups excluding carboxylic acids is 3. The highest BCUT2D eigenvalue weighted by molar-refractivity contribution is 5.88. The maximum Gasteiger partial charge on any atom is 0.328 e. The van der Waals surface area contributed by atoms with Crippen molar-refractivity contribution in [3.8, 4) is 0 Å². The van der Waals surface area contributed by atoms with Crippen molar-refractivity contribution in [3.05, 3.63) is 46.0 Å². The van der Waals surface area contributed by atoms with E-state index in [4.69, 9.17) is 9.47 Å². The van der Waals surface area contributed by atoms with Gasteiger partial charge in [-0.1, -0.05) is 30.3 Å². The van der Waals surface area contributed by atoms with E-state index in [0.29, 0.717) is 45.1 Å². The number of unbranched alkanes of at least 4 members (excludes halogenated alkanes) is 1. The van der Waals surface area contributed by atoms with Gasteiger partial charge >= 0.3 is 11.9 Å². The zero-order chi connectivity index (χ0) is 25.6. The predicted octanol–water partition coefficient (Wildman–Crippen LogP) is 2.05. The minimum absolute atomic E-state index is 0.0618. The van der Waals surface area contributed by atoms with Crippen LogP contribution in [0.15, 0.2) is 30.3 Å². The van der Waals surface area contributed by atoms with E-state index < -0.39 is 35.2 Å².